The number of phosphoric ester groups is 1. The van der Waals surface area contributed by atoms with Crippen LogP contribution in [0.2, 0.25) is 0 Å². The van der Waals surface area contributed by atoms with Crippen LogP contribution in [0, 0.1) is 0 Å². The number of nitrogens with one attached hydrogen (secondary N) is 1. The number of nitrogens with zero attached hydrogens (tertiary/aromatic N) is 1. The Morgan fingerprint density at radius 3 is 1.15 bits per heavy atom. The van der Waals surface area contributed by atoms with Crippen molar-refractivity contribution in [1.82, 2.24) is 5.32 Å². The SMILES string of the molecule is CCCCC/C=C\C/C=C\C/C=C\CCCCCCCCCCCCC(=O)NC(COP(=O)(O)OCC[N+](C)(C)C)C(/C=C/CCCCCCCCCCCC)OC(=O)CCCCCCCCCCCCC/C=C/CCCCCCCC. The minimum absolute atomic E-state index is 0.0392. The Hall–Kier alpha value is -2.29. The van der Waals surface area contributed by atoms with Crippen molar-refractivity contribution in [2.75, 3.05) is 40.9 Å². The molecule has 0 aliphatic rings. The second kappa shape index (κ2) is 61.8. The summed E-state index contributed by atoms with van der Waals surface area (Å²) in [6, 6.07) is -0.852. The Bertz CT molecular complexity index is 1590. The van der Waals surface area contributed by atoms with Crippen LogP contribution in [0.15, 0.2) is 60.8 Å². The van der Waals surface area contributed by atoms with Gasteiger partial charge in [0, 0.05) is 12.8 Å². The number of allylic oxidation sites excluding steroid dienone is 9. The highest BCUT2D eigenvalue weighted by molar-refractivity contribution is 7.47. The summed E-state index contributed by atoms with van der Waals surface area (Å²) in [7, 11) is 1.50. The summed E-state index contributed by atoms with van der Waals surface area (Å²) < 4.78 is 30.8. The lowest BCUT2D eigenvalue weighted by Crippen LogP contribution is -2.47. The van der Waals surface area contributed by atoms with E-state index in [0.717, 1.165) is 70.6 Å². The summed E-state index contributed by atoms with van der Waals surface area (Å²) in [4.78, 5) is 37.9. The summed E-state index contributed by atoms with van der Waals surface area (Å²) in [5.74, 6) is -0.499. The Labute approximate surface area is 509 Å². The number of quaternary nitrogens is 1. The van der Waals surface area contributed by atoms with E-state index in [0.29, 0.717) is 23.9 Å². The lowest BCUT2D eigenvalue weighted by atomic mass is 10.0. The van der Waals surface area contributed by atoms with Gasteiger partial charge in [-0.15, -0.1) is 0 Å². The van der Waals surface area contributed by atoms with Gasteiger partial charge < -0.3 is 19.4 Å². The normalized spacial score (nSPS) is 13.9. The van der Waals surface area contributed by atoms with Crippen molar-refractivity contribution in [1.29, 1.82) is 0 Å². The molecule has 0 aliphatic carbocycles. The van der Waals surface area contributed by atoms with Gasteiger partial charge in [0.15, 0.2) is 0 Å². The van der Waals surface area contributed by atoms with Crippen LogP contribution >= 0.6 is 7.82 Å². The van der Waals surface area contributed by atoms with Crippen LogP contribution in [-0.4, -0.2) is 74.3 Å². The number of hydrogen-bond acceptors (Lipinski definition) is 6. The largest absolute Gasteiger partial charge is 0.472 e. The van der Waals surface area contributed by atoms with Gasteiger partial charge in [-0.2, -0.15) is 0 Å². The van der Waals surface area contributed by atoms with E-state index < -0.39 is 20.0 Å². The summed E-state index contributed by atoms with van der Waals surface area (Å²) in [5, 5.41) is 3.07. The molecule has 82 heavy (non-hydrogen) atoms. The maximum atomic E-state index is 13.6. The molecule has 0 fully saturated rings. The molecule has 10 heteroatoms. The molecule has 2 N–H and O–H groups in total. The molecule has 0 bridgehead atoms. The quantitative estimate of drug-likeness (QED) is 0.0205. The summed E-state index contributed by atoms with van der Waals surface area (Å²) in [6.45, 7) is 7.02. The molecule has 480 valence electrons. The van der Waals surface area contributed by atoms with Gasteiger partial charge in [0.05, 0.1) is 33.8 Å². The van der Waals surface area contributed by atoms with Gasteiger partial charge in [0.25, 0.3) is 0 Å². The minimum atomic E-state index is -4.45. The molecular weight excluding hydrogens is 1040 g/mol. The Morgan fingerprint density at radius 1 is 0.427 bits per heavy atom. The van der Waals surface area contributed by atoms with Gasteiger partial charge in [-0.3, -0.25) is 18.6 Å². The average molecular weight is 1170 g/mol. The number of esters is 1. The molecule has 0 aromatic rings. The lowest BCUT2D eigenvalue weighted by molar-refractivity contribution is -0.870. The molecule has 0 radical (unpaired) electrons. The van der Waals surface area contributed by atoms with E-state index >= 15 is 0 Å². The molecule has 0 saturated carbocycles. The van der Waals surface area contributed by atoms with Crippen molar-refractivity contribution in [3.63, 3.8) is 0 Å². The Balaban J connectivity index is 5.10. The van der Waals surface area contributed by atoms with E-state index in [1.165, 1.54) is 231 Å². The lowest BCUT2D eigenvalue weighted by Gasteiger charge is -2.27. The average Bonchev–Trinajstić information content (AvgIpc) is 3.47. The summed E-state index contributed by atoms with van der Waals surface area (Å²) >= 11 is 0. The van der Waals surface area contributed by atoms with Crippen LogP contribution in [-0.2, 0) is 27.9 Å². The van der Waals surface area contributed by atoms with E-state index in [-0.39, 0.29) is 25.1 Å². The van der Waals surface area contributed by atoms with Gasteiger partial charge in [-0.05, 0) is 96.0 Å². The van der Waals surface area contributed by atoms with Crippen molar-refractivity contribution in [2.24, 2.45) is 0 Å². The fourth-order valence-corrected chi connectivity index (χ4v) is 11.0. The molecule has 3 unspecified atom stereocenters. The zero-order valence-corrected chi connectivity index (χ0v) is 55.9. The van der Waals surface area contributed by atoms with E-state index in [9.17, 15) is 19.0 Å². The number of hydrogen-bond donors (Lipinski definition) is 2. The van der Waals surface area contributed by atoms with Crippen molar-refractivity contribution in [3.05, 3.63) is 60.8 Å². The smallest absolute Gasteiger partial charge is 0.456 e. The maximum absolute atomic E-state index is 13.6. The predicted molar refractivity (Wildman–Crippen MR) is 355 cm³/mol. The second-order valence-corrected chi connectivity index (χ2v) is 26.5. The number of amides is 1. The van der Waals surface area contributed by atoms with Crippen LogP contribution in [0.4, 0.5) is 0 Å². The molecule has 0 heterocycles. The molecule has 0 aromatic heterocycles. The second-order valence-electron chi connectivity index (χ2n) is 25.0. The van der Waals surface area contributed by atoms with Crippen molar-refractivity contribution in [2.45, 2.75) is 348 Å². The van der Waals surface area contributed by atoms with Crippen molar-refractivity contribution >= 4 is 19.7 Å². The van der Waals surface area contributed by atoms with Gasteiger partial charge in [0.1, 0.15) is 19.3 Å². The van der Waals surface area contributed by atoms with Crippen LogP contribution in [0.5, 0.6) is 0 Å². The van der Waals surface area contributed by atoms with Gasteiger partial charge in [-0.25, -0.2) is 4.57 Å². The fourth-order valence-electron chi connectivity index (χ4n) is 10.2. The first kappa shape index (κ1) is 79.7. The molecule has 9 nitrogen and oxygen atoms in total. The molecule has 3 atom stereocenters. The zero-order chi connectivity index (χ0) is 60.0. The van der Waals surface area contributed by atoms with Gasteiger partial charge >= 0.3 is 13.8 Å². The Kier molecular flexibility index (Phi) is 60.1. The number of carbonyl (C=O) groups is 2. The highest BCUT2D eigenvalue weighted by Gasteiger charge is 2.30. The molecular formula is C72H136N2O7P+. The number of ether oxygens (including phenoxy) is 1. The third-order valence-corrected chi connectivity index (χ3v) is 16.7. The van der Waals surface area contributed by atoms with E-state index in [1.807, 2.05) is 33.3 Å². The summed E-state index contributed by atoms with van der Waals surface area (Å²) in [6.07, 6.45) is 79.4. The molecule has 0 aromatic carbocycles. The topological polar surface area (TPSA) is 111 Å². The van der Waals surface area contributed by atoms with E-state index in [2.05, 4.69) is 74.7 Å². The maximum Gasteiger partial charge on any atom is 0.472 e. The van der Waals surface area contributed by atoms with E-state index in [1.54, 1.807) is 0 Å². The van der Waals surface area contributed by atoms with Crippen LogP contribution < -0.4 is 5.32 Å². The minimum Gasteiger partial charge on any atom is -0.456 e. The Morgan fingerprint density at radius 2 is 0.744 bits per heavy atom. The zero-order valence-electron chi connectivity index (χ0n) is 55.0. The van der Waals surface area contributed by atoms with Crippen LogP contribution in [0.3, 0.4) is 0 Å². The molecule has 1 amide bonds. The van der Waals surface area contributed by atoms with Crippen LogP contribution in [0.25, 0.3) is 0 Å². The summed E-state index contributed by atoms with van der Waals surface area (Å²) in [5.41, 5.74) is 0. The number of carbonyl (C=O) groups excluding carboxylic acids is 2. The monoisotopic (exact) mass is 1170 g/mol. The van der Waals surface area contributed by atoms with Crippen molar-refractivity contribution < 1.29 is 37.3 Å². The van der Waals surface area contributed by atoms with Crippen molar-refractivity contribution in [3.8, 4) is 0 Å². The van der Waals surface area contributed by atoms with E-state index in [4.69, 9.17) is 13.8 Å². The standard InChI is InChI=1S/C72H135N2O7P/c1-7-10-13-16-19-22-25-28-30-32-34-36-37-39-40-42-44-46-49-52-55-58-61-64-71(75)73-69(68-80-82(77,78)79-67-66-74(4,5)6)70(63-60-57-54-51-48-27-24-21-18-15-12-9-3)81-72(76)65-62-59-56-53-50-47-45-43-41-38-35-33-31-29-26-23-20-17-14-11-8-2/h19,22,28-31,34,36,60,63,69-70H,7-18,20-21,23-27,32-33,35,37-59,61-62,64-68H2,1-6H3,(H-,73,75,77,78)/p+1/b22-19-,30-28-,31-29+,36-34-,63-60+. The molecule has 0 saturated heterocycles. The third-order valence-electron chi connectivity index (χ3n) is 15.7. The van der Waals surface area contributed by atoms with Gasteiger partial charge in [0.2, 0.25) is 5.91 Å². The third kappa shape index (κ3) is 62.2. The first-order valence-electron chi connectivity index (χ1n) is 35.1. The first-order valence-corrected chi connectivity index (χ1v) is 36.6. The number of unbranched alkanes of at least 4 members (excludes halogenated alkanes) is 40. The van der Waals surface area contributed by atoms with Crippen LogP contribution in [0.1, 0.15) is 335 Å². The number of rotatable bonds is 64. The predicted octanol–water partition coefficient (Wildman–Crippen LogP) is 22.2. The highest BCUT2D eigenvalue weighted by atomic mass is 31.2. The first-order chi connectivity index (χ1) is 39.9. The molecule has 0 aliphatic heterocycles. The molecule has 0 rings (SSSR count). The molecule has 0 spiro atoms. The fraction of sp³-hybridized carbons (Fsp3) is 0.833. The van der Waals surface area contributed by atoms with Gasteiger partial charge in [-0.1, -0.05) is 287 Å². The number of phosphoric acid groups is 1. The number of likely N-dealkylation sites (N-methyl/N-ethyl adjacent to an activating group) is 1. The highest BCUT2D eigenvalue weighted by Crippen LogP contribution is 2.43.